The maximum absolute atomic E-state index is 13.3. The molecule has 0 atom stereocenters. The van der Waals surface area contributed by atoms with Crippen molar-refractivity contribution in [1.29, 1.82) is 0 Å². The fraction of sp³-hybridized carbons (Fsp3) is 0.489. The van der Waals surface area contributed by atoms with Crippen LogP contribution in [0.1, 0.15) is 131 Å². The van der Waals surface area contributed by atoms with Crippen molar-refractivity contribution in [3.63, 3.8) is 0 Å². The third-order valence-electron chi connectivity index (χ3n) is 10.1. The summed E-state index contributed by atoms with van der Waals surface area (Å²) in [6.07, 6.45) is 20.0. The number of anilines is 1. The highest BCUT2D eigenvalue weighted by Gasteiger charge is 2.24. The van der Waals surface area contributed by atoms with Crippen molar-refractivity contribution >= 4 is 38.9 Å². The first-order valence-electron chi connectivity index (χ1n) is 20.0. The van der Waals surface area contributed by atoms with Gasteiger partial charge in [0, 0.05) is 18.7 Å². The number of carbonyl (C=O) groups is 1. The van der Waals surface area contributed by atoms with Crippen LogP contribution < -0.4 is 14.5 Å². The Labute approximate surface area is 321 Å². The summed E-state index contributed by atoms with van der Waals surface area (Å²) in [5.41, 5.74) is 3.76. The highest BCUT2D eigenvalue weighted by atomic mass is 32.1. The molecule has 1 saturated carbocycles. The SMILES string of the molecule is C=CCOCCCCCCOc1ccc(C(=O)Oc2ccc(C3CCC(CCC)CC3)c(/C=N/N(CCCCCC)c3nc4ccccc4s3)c2)cc1. The van der Waals surface area contributed by atoms with E-state index < -0.39 is 5.97 Å². The number of rotatable bonds is 23. The lowest BCUT2D eigenvalue weighted by atomic mass is 9.76. The molecule has 0 amide bonds. The number of unbranched alkanes of at least 4 members (excludes halogenated alkanes) is 6. The van der Waals surface area contributed by atoms with Gasteiger partial charge in [0.2, 0.25) is 5.13 Å². The van der Waals surface area contributed by atoms with Gasteiger partial charge in [-0.05, 0) is 117 Å². The Morgan fingerprint density at radius 2 is 1.64 bits per heavy atom. The summed E-state index contributed by atoms with van der Waals surface area (Å²) in [4.78, 5) is 18.3. The van der Waals surface area contributed by atoms with Crippen LogP contribution in [-0.4, -0.2) is 43.5 Å². The van der Waals surface area contributed by atoms with Crippen LogP contribution in [0.5, 0.6) is 11.5 Å². The van der Waals surface area contributed by atoms with E-state index in [1.54, 1.807) is 29.5 Å². The Hall–Kier alpha value is -4.01. The van der Waals surface area contributed by atoms with E-state index in [0.29, 0.717) is 30.4 Å². The lowest BCUT2D eigenvalue weighted by Gasteiger charge is -2.29. The minimum Gasteiger partial charge on any atom is -0.494 e. The van der Waals surface area contributed by atoms with Gasteiger partial charge in [0.15, 0.2) is 0 Å². The molecule has 1 aromatic heterocycles. The van der Waals surface area contributed by atoms with Crippen LogP contribution >= 0.6 is 11.3 Å². The summed E-state index contributed by atoms with van der Waals surface area (Å²) >= 11 is 1.68. The lowest BCUT2D eigenvalue weighted by Crippen LogP contribution is -2.19. The maximum atomic E-state index is 13.3. The van der Waals surface area contributed by atoms with Gasteiger partial charge in [-0.3, -0.25) is 0 Å². The molecule has 3 aromatic carbocycles. The molecule has 8 heteroatoms. The Bertz CT molecular complexity index is 1680. The second-order valence-electron chi connectivity index (χ2n) is 14.2. The van der Waals surface area contributed by atoms with E-state index in [4.69, 9.17) is 24.3 Å². The van der Waals surface area contributed by atoms with Gasteiger partial charge in [0.1, 0.15) is 11.5 Å². The first kappa shape index (κ1) is 40.2. The number of nitrogens with zero attached hydrogens (tertiary/aromatic N) is 3. The van der Waals surface area contributed by atoms with Crippen molar-refractivity contribution < 1.29 is 19.0 Å². The van der Waals surface area contributed by atoms with Gasteiger partial charge < -0.3 is 14.2 Å². The largest absolute Gasteiger partial charge is 0.494 e. The summed E-state index contributed by atoms with van der Waals surface area (Å²) in [7, 11) is 0. The topological polar surface area (TPSA) is 73.2 Å². The first-order chi connectivity index (χ1) is 26.1. The van der Waals surface area contributed by atoms with Crippen LogP contribution in [-0.2, 0) is 4.74 Å². The number of hydrazone groups is 1. The van der Waals surface area contributed by atoms with Crippen LogP contribution in [0.15, 0.2) is 84.5 Å². The lowest BCUT2D eigenvalue weighted by molar-refractivity contribution is 0.0734. The average Bonchev–Trinajstić information content (AvgIpc) is 3.62. The van der Waals surface area contributed by atoms with E-state index in [-0.39, 0.29) is 0 Å². The second-order valence-corrected chi connectivity index (χ2v) is 15.2. The fourth-order valence-electron chi connectivity index (χ4n) is 7.13. The van der Waals surface area contributed by atoms with E-state index in [9.17, 15) is 4.79 Å². The van der Waals surface area contributed by atoms with Crippen LogP contribution in [0.25, 0.3) is 10.2 Å². The number of benzene rings is 3. The zero-order valence-corrected chi connectivity index (χ0v) is 32.8. The molecule has 1 fully saturated rings. The van der Waals surface area contributed by atoms with Crippen LogP contribution in [0.2, 0.25) is 0 Å². The molecule has 0 radical (unpaired) electrons. The fourth-order valence-corrected chi connectivity index (χ4v) is 8.08. The van der Waals surface area contributed by atoms with E-state index in [0.717, 1.165) is 84.3 Å². The van der Waals surface area contributed by atoms with Gasteiger partial charge in [-0.1, -0.05) is 88.0 Å². The Morgan fingerprint density at radius 1 is 0.887 bits per heavy atom. The number of esters is 1. The standard InChI is InChI=1S/C45H59N3O4S/c1-4-7-8-13-29-48(45-47-42-17-11-12-18-43(42)53-45)46-34-38-33-40(27-28-41(38)36-21-19-35(16-5-2)20-22-36)52-44(49)37-23-25-39(26-24-37)51-32-15-10-9-14-31-50-30-6-3/h6,11-12,17-18,23-28,33-36H,3-5,7-10,13-16,19-22,29-32H2,1-2H3/b46-34+. The van der Waals surface area contributed by atoms with Crippen molar-refractivity contribution in [2.75, 3.05) is 31.4 Å². The van der Waals surface area contributed by atoms with Gasteiger partial charge in [-0.15, -0.1) is 6.58 Å². The number of ether oxygens (including phenoxy) is 3. The minimum absolute atomic E-state index is 0.391. The first-order valence-corrected chi connectivity index (χ1v) is 20.8. The number of carbonyl (C=O) groups excluding carboxylic acids is 1. The molecule has 0 aliphatic heterocycles. The molecule has 5 rings (SSSR count). The highest BCUT2D eigenvalue weighted by molar-refractivity contribution is 7.22. The maximum Gasteiger partial charge on any atom is 0.343 e. The number of para-hydroxylation sites is 1. The van der Waals surface area contributed by atoms with Gasteiger partial charge in [-0.2, -0.15) is 5.10 Å². The van der Waals surface area contributed by atoms with Crippen molar-refractivity contribution in [3.8, 4) is 11.5 Å². The summed E-state index contributed by atoms with van der Waals surface area (Å²) in [6, 6.07) is 21.6. The minimum atomic E-state index is -0.391. The molecule has 1 aliphatic rings. The predicted octanol–water partition coefficient (Wildman–Crippen LogP) is 12.2. The number of hydrogen-bond donors (Lipinski definition) is 0. The molecule has 0 unspecified atom stereocenters. The number of fused-ring (bicyclic) bond motifs is 1. The smallest absolute Gasteiger partial charge is 0.343 e. The summed E-state index contributed by atoms with van der Waals surface area (Å²) < 4.78 is 18.5. The van der Waals surface area contributed by atoms with Crippen LogP contribution in [0.4, 0.5) is 5.13 Å². The monoisotopic (exact) mass is 737 g/mol. The summed E-state index contributed by atoms with van der Waals surface area (Å²) in [5.74, 6) is 2.15. The molecule has 284 valence electrons. The molecule has 1 heterocycles. The van der Waals surface area contributed by atoms with E-state index in [2.05, 4.69) is 49.7 Å². The Morgan fingerprint density at radius 3 is 2.40 bits per heavy atom. The summed E-state index contributed by atoms with van der Waals surface area (Å²) in [5, 5.41) is 8.06. The van der Waals surface area contributed by atoms with E-state index >= 15 is 0 Å². The van der Waals surface area contributed by atoms with Crippen LogP contribution in [0, 0.1) is 5.92 Å². The molecule has 1 aliphatic carbocycles. The summed E-state index contributed by atoms with van der Waals surface area (Å²) in [6.45, 7) is 11.0. The van der Waals surface area contributed by atoms with Crippen LogP contribution in [0.3, 0.4) is 0 Å². The predicted molar refractivity (Wildman–Crippen MR) is 221 cm³/mol. The molecular formula is C45H59N3O4S. The number of hydrogen-bond acceptors (Lipinski definition) is 8. The third-order valence-corrected chi connectivity index (χ3v) is 11.1. The molecule has 4 aromatic rings. The molecular weight excluding hydrogens is 679 g/mol. The van der Waals surface area contributed by atoms with Gasteiger partial charge >= 0.3 is 5.97 Å². The molecule has 53 heavy (non-hydrogen) atoms. The quantitative estimate of drug-likeness (QED) is 0.0188. The number of thiazole rings is 1. The zero-order chi connectivity index (χ0) is 37.1. The van der Waals surface area contributed by atoms with Crippen molar-refractivity contribution in [3.05, 3.63) is 96.1 Å². The van der Waals surface area contributed by atoms with E-state index in [1.807, 2.05) is 36.5 Å². The van der Waals surface area contributed by atoms with Crippen molar-refractivity contribution in [2.24, 2.45) is 11.0 Å². The van der Waals surface area contributed by atoms with Crippen molar-refractivity contribution in [1.82, 2.24) is 4.98 Å². The Kier molecular flexibility index (Phi) is 16.9. The van der Waals surface area contributed by atoms with Crippen molar-refractivity contribution in [2.45, 2.75) is 110 Å². The molecule has 0 spiro atoms. The van der Waals surface area contributed by atoms with Gasteiger partial charge in [0.05, 0.1) is 35.2 Å². The van der Waals surface area contributed by atoms with Gasteiger partial charge in [-0.25, -0.2) is 14.8 Å². The average molecular weight is 738 g/mol. The third kappa shape index (κ3) is 12.8. The molecule has 7 nitrogen and oxygen atoms in total. The highest BCUT2D eigenvalue weighted by Crippen LogP contribution is 2.39. The second kappa shape index (κ2) is 22.3. The molecule has 0 bridgehead atoms. The molecule has 0 N–H and O–H groups in total. The van der Waals surface area contributed by atoms with Gasteiger partial charge in [0.25, 0.3) is 0 Å². The normalized spacial score (nSPS) is 15.9. The zero-order valence-electron chi connectivity index (χ0n) is 32.0. The Balaban J connectivity index is 1.27. The molecule has 0 saturated heterocycles. The van der Waals surface area contributed by atoms with E-state index in [1.165, 1.54) is 56.9 Å². The number of aromatic nitrogens is 1.